The fourth-order valence-corrected chi connectivity index (χ4v) is 2.91. The van der Waals surface area contributed by atoms with Crippen molar-refractivity contribution in [3.8, 4) is 0 Å². The Kier molecular flexibility index (Phi) is 5.12. The van der Waals surface area contributed by atoms with Gasteiger partial charge in [0, 0.05) is 51.0 Å². The summed E-state index contributed by atoms with van der Waals surface area (Å²) in [5.41, 5.74) is 1.92. The largest absolute Gasteiger partial charge is 0.381 e. The first-order chi connectivity index (χ1) is 11.3. The van der Waals surface area contributed by atoms with Crippen LogP contribution in [0.1, 0.15) is 19.0 Å². The Balaban J connectivity index is 1.47. The number of imidazole rings is 1. The van der Waals surface area contributed by atoms with Gasteiger partial charge in [0.25, 0.3) is 0 Å². The summed E-state index contributed by atoms with van der Waals surface area (Å²) in [5.74, 6) is 0.471. The summed E-state index contributed by atoms with van der Waals surface area (Å²) in [4.78, 5) is 18.7. The molecule has 0 aliphatic carbocycles. The molecule has 6 nitrogen and oxygen atoms in total. The highest BCUT2D eigenvalue weighted by Crippen LogP contribution is 2.13. The van der Waals surface area contributed by atoms with Crippen LogP contribution in [0, 0.1) is 5.92 Å². The Morgan fingerprint density at radius 3 is 3.17 bits per heavy atom. The van der Waals surface area contributed by atoms with Crippen molar-refractivity contribution in [1.29, 1.82) is 0 Å². The molecule has 3 rings (SSSR count). The van der Waals surface area contributed by atoms with Gasteiger partial charge in [-0.1, -0.05) is 6.07 Å². The van der Waals surface area contributed by atoms with Gasteiger partial charge in [0.1, 0.15) is 5.65 Å². The summed E-state index contributed by atoms with van der Waals surface area (Å²) < 4.78 is 7.38. The fourth-order valence-electron chi connectivity index (χ4n) is 2.91. The molecule has 1 atom stereocenters. The summed E-state index contributed by atoms with van der Waals surface area (Å²) in [7, 11) is 0. The van der Waals surface area contributed by atoms with Crippen molar-refractivity contribution < 1.29 is 9.53 Å². The highest BCUT2D eigenvalue weighted by atomic mass is 16.5. The maximum absolute atomic E-state index is 12.3. The molecule has 1 aliphatic rings. The third-order valence-electron chi connectivity index (χ3n) is 4.24. The van der Waals surface area contributed by atoms with E-state index >= 15 is 0 Å². The molecule has 3 heterocycles. The predicted molar refractivity (Wildman–Crippen MR) is 88.5 cm³/mol. The van der Waals surface area contributed by atoms with Crippen molar-refractivity contribution in [2.45, 2.75) is 19.8 Å². The number of carbonyl (C=O) groups is 1. The third-order valence-corrected chi connectivity index (χ3v) is 4.24. The molecule has 1 N–H and O–H groups in total. The van der Waals surface area contributed by atoms with Crippen LogP contribution in [0.3, 0.4) is 0 Å². The third kappa shape index (κ3) is 4.01. The van der Waals surface area contributed by atoms with E-state index in [0.717, 1.165) is 50.5 Å². The Bertz CT molecular complexity index is 616. The van der Waals surface area contributed by atoms with E-state index in [1.807, 2.05) is 46.8 Å². The van der Waals surface area contributed by atoms with Crippen molar-refractivity contribution in [2.75, 3.05) is 32.8 Å². The van der Waals surface area contributed by atoms with Crippen LogP contribution in [-0.2, 0) is 11.2 Å². The molecule has 0 aromatic carbocycles. The van der Waals surface area contributed by atoms with E-state index in [0.29, 0.717) is 12.5 Å². The second kappa shape index (κ2) is 7.46. The maximum Gasteiger partial charge on any atom is 0.317 e. The van der Waals surface area contributed by atoms with Gasteiger partial charge in [0.05, 0.1) is 12.3 Å². The molecule has 0 radical (unpaired) electrons. The molecule has 0 bridgehead atoms. The van der Waals surface area contributed by atoms with Gasteiger partial charge in [0.2, 0.25) is 0 Å². The van der Waals surface area contributed by atoms with Crippen LogP contribution < -0.4 is 5.32 Å². The van der Waals surface area contributed by atoms with Gasteiger partial charge in [0.15, 0.2) is 0 Å². The van der Waals surface area contributed by atoms with Gasteiger partial charge in [-0.15, -0.1) is 0 Å². The Morgan fingerprint density at radius 2 is 2.43 bits per heavy atom. The van der Waals surface area contributed by atoms with Crippen LogP contribution in [0.15, 0.2) is 30.6 Å². The average Bonchev–Trinajstić information content (AvgIpc) is 3.21. The zero-order valence-corrected chi connectivity index (χ0v) is 13.6. The van der Waals surface area contributed by atoms with E-state index in [1.165, 1.54) is 0 Å². The number of fused-ring (bicyclic) bond motifs is 1. The molecule has 23 heavy (non-hydrogen) atoms. The second-order valence-electron chi connectivity index (χ2n) is 5.95. The SMILES string of the molecule is CCN(CC1CCOC1)C(=O)NCCc1cn2ccccc2n1. The van der Waals surface area contributed by atoms with Crippen LogP contribution in [-0.4, -0.2) is 53.2 Å². The van der Waals surface area contributed by atoms with Crippen molar-refractivity contribution in [3.63, 3.8) is 0 Å². The molecule has 124 valence electrons. The number of nitrogens with zero attached hydrogens (tertiary/aromatic N) is 3. The van der Waals surface area contributed by atoms with E-state index in [4.69, 9.17) is 4.74 Å². The highest BCUT2D eigenvalue weighted by molar-refractivity contribution is 5.74. The number of hydrogen-bond donors (Lipinski definition) is 1. The molecule has 1 saturated heterocycles. The first-order valence-corrected chi connectivity index (χ1v) is 8.29. The minimum absolute atomic E-state index is 0.00293. The van der Waals surface area contributed by atoms with Crippen LogP contribution >= 0.6 is 0 Å². The zero-order valence-electron chi connectivity index (χ0n) is 13.6. The van der Waals surface area contributed by atoms with Crippen LogP contribution in [0.2, 0.25) is 0 Å². The quantitative estimate of drug-likeness (QED) is 0.886. The fraction of sp³-hybridized carbons (Fsp3) is 0.529. The summed E-state index contributed by atoms with van der Waals surface area (Å²) in [6.45, 7) is 5.69. The molecule has 1 aliphatic heterocycles. The molecule has 1 unspecified atom stereocenters. The first-order valence-electron chi connectivity index (χ1n) is 8.29. The van der Waals surface area contributed by atoms with Crippen molar-refractivity contribution in [1.82, 2.24) is 19.6 Å². The zero-order chi connectivity index (χ0) is 16.1. The number of aromatic nitrogens is 2. The van der Waals surface area contributed by atoms with Gasteiger partial charge in [-0.05, 0) is 25.5 Å². The van der Waals surface area contributed by atoms with Crippen molar-refractivity contribution in [3.05, 3.63) is 36.3 Å². The molecule has 0 spiro atoms. The van der Waals surface area contributed by atoms with Crippen LogP contribution in [0.4, 0.5) is 4.79 Å². The van der Waals surface area contributed by atoms with Crippen molar-refractivity contribution >= 4 is 11.7 Å². The van der Waals surface area contributed by atoms with E-state index in [1.54, 1.807) is 0 Å². The summed E-state index contributed by atoms with van der Waals surface area (Å²) in [6.07, 6.45) is 5.77. The molecular formula is C17H24N4O2. The topological polar surface area (TPSA) is 58.9 Å². The van der Waals surface area contributed by atoms with E-state index in [9.17, 15) is 4.79 Å². The molecule has 6 heteroatoms. The lowest BCUT2D eigenvalue weighted by molar-refractivity contribution is 0.166. The van der Waals surface area contributed by atoms with Crippen molar-refractivity contribution in [2.24, 2.45) is 5.92 Å². The first kappa shape index (κ1) is 15.8. The van der Waals surface area contributed by atoms with Gasteiger partial charge in [-0.3, -0.25) is 0 Å². The number of carbonyl (C=O) groups excluding carboxylic acids is 1. The maximum atomic E-state index is 12.3. The van der Waals surface area contributed by atoms with Gasteiger partial charge < -0.3 is 19.4 Å². The lowest BCUT2D eigenvalue weighted by Gasteiger charge is -2.24. The van der Waals surface area contributed by atoms with Crippen LogP contribution in [0.25, 0.3) is 5.65 Å². The lowest BCUT2D eigenvalue weighted by atomic mass is 10.1. The predicted octanol–water partition coefficient (Wildman–Crippen LogP) is 1.94. The van der Waals surface area contributed by atoms with Gasteiger partial charge >= 0.3 is 6.03 Å². The van der Waals surface area contributed by atoms with E-state index in [2.05, 4.69) is 10.3 Å². The molecule has 2 aromatic heterocycles. The Labute approximate surface area is 136 Å². The van der Waals surface area contributed by atoms with E-state index in [-0.39, 0.29) is 6.03 Å². The summed E-state index contributed by atoms with van der Waals surface area (Å²) >= 11 is 0. The second-order valence-corrected chi connectivity index (χ2v) is 5.95. The van der Waals surface area contributed by atoms with Crippen LogP contribution in [0.5, 0.6) is 0 Å². The minimum Gasteiger partial charge on any atom is -0.381 e. The van der Waals surface area contributed by atoms with Gasteiger partial charge in [-0.25, -0.2) is 9.78 Å². The Hall–Kier alpha value is -2.08. The monoisotopic (exact) mass is 316 g/mol. The number of rotatable bonds is 6. The summed E-state index contributed by atoms with van der Waals surface area (Å²) in [6, 6.07) is 5.93. The number of amides is 2. The highest BCUT2D eigenvalue weighted by Gasteiger charge is 2.21. The lowest BCUT2D eigenvalue weighted by Crippen LogP contribution is -2.43. The van der Waals surface area contributed by atoms with Gasteiger partial charge in [-0.2, -0.15) is 0 Å². The standard InChI is InChI=1S/C17H24N4O2/c1-2-20(11-14-7-10-23-13-14)17(22)18-8-6-15-12-21-9-4-3-5-16(21)19-15/h3-5,9,12,14H,2,6-8,10-11,13H2,1H3,(H,18,22). The Morgan fingerprint density at radius 1 is 1.52 bits per heavy atom. The molecule has 2 aromatic rings. The number of nitrogens with one attached hydrogen (secondary N) is 1. The number of hydrogen-bond acceptors (Lipinski definition) is 3. The molecular weight excluding hydrogens is 292 g/mol. The average molecular weight is 316 g/mol. The minimum atomic E-state index is 0.00293. The number of pyridine rings is 1. The molecule has 2 amide bonds. The normalized spacial score (nSPS) is 17.5. The van der Waals surface area contributed by atoms with E-state index < -0.39 is 0 Å². The molecule has 1 fully saturated rings. The summed E-state index contributed by atoms with van der Waals surface area (Å²) in [5, 5.41) is 3.00. The number of ether oxygens (including phenoxy) is 1. The number of urea groups is 1. The smallest absolute Gasteiger partial charge is 0.317 e. The molecule has 0 saturated carbocycles.